The van der Waals surface area contributed by atoms with E-state index in [0.717, 1.165) is 16.2 Å². The van der Waals surface area contributed by atoms with Crippen LogP contribution in [0, 0.1) is 0 Å². The van der Waals surface area contributed by atoms with Crippen molar-refractivity contribution in [3.63, 3.8) is 0 Å². The zero-order valence-electron chi connectivity index (χ0n) is 19.1. The van der Waals surface area contributed by atoms with Crippen molar-refractivity contribution < 1.29 is 19.1 Å². The molecular formula is C24H27N5O4S. The van der Waals surface area contributed by atoms with Gasteiger partial charge in [-0.05, 0) is 35.6 Å². The van der Waals surface area contributed by atoms with Gasteiger partial charge in [0.05, 0.1) is 39.0 Å². The molecule has 1 amide bonds. The largest absolute Gasteiger partial charge is 0.497 e. The zero-order chi connectivity index (χ0) is 23.9. The number of amides is 1. The first kappa shape index (κ1) is 23.7. The third kappa shape index (κ3) is 5.70. The number of rotatable bonds is 9. The Morgan fingerprint density at radius 3 is 2.76 bits per heavy atom. The number of aromatic nitrogens is 3. The van der Waals surface area contributed by atoms with E-state index in [1.165, 1.54) is 7.11 Å². The first-order valence-corrected chi connectivity index (χ1v) is 11.8. The number of carbonyl (C=O) groups is 2. The summed E-state index contributed by atoms with van der Waals surface area (Å²) in [6.07, 6.45) is 6.22. The number of thiophene rings is 1. The molecule has 1 aliphatic rings. The van der Waals surface area contributed by atoms with Crippen LogP contribution in [0.1, 0.15) is 33.4 Å². The molecule has 1 saturated heterocycles. The van der Waals surface area contributed by atoms with Gasteiger partial charge in [0.25, 0.3) is 0 Å². The van der Waals surface area contributed by atoms with Gasteiger partial charge in [-0.3, -0.25) is 9.69 Å². The summed E-state index contributed by atoms with van der Waals surface area (Å²) < 4.78 is 11.6. The SMILES string of the molecule is COC(=O)c1cn([C@@H]2C[C@@H](C(=O)NCc3cccs3)N(CC=Cc3ccc(OC)cc3)C2)nn1. The van der Waals surface area contributed by atoms with Crippen LogP contribution in [-0.4, -0.2) is 65.1 Å². The number of benzene rings is 1. The summed E-state index contributed by atoms with van der Waals surface area (Å²) >= 11 is 1.61. The molecule has 3 heterocycles. The van der Waals surface area contributed by atoms with Gasteiger partial charge in [0.15, 0.2) is 5.69 Å². The Morgan fingerprint density at radius 1 is 1.24 bits per heavy atom. The summed E-state index contributed by atoms with van der Waals surface area (Å²) in [5, 5.41) is 13.1. The fraction of sp³-hybridized carbons (Fsp3) is 0.333. The quantitative estimate of drug-likeness (QED) is 0.469. The molecule has 4 rings (SSSR count). The van der Waals surface area contributed by atoms with E-state index in [4.69, 9.17) is 9.47 Å². The second-order valence-corrected chi connectivity index (χ2v) is 8.94. The van der Waals surface area contributed by atoms with Gasteiger partial charge < -0.3 is 14.8 Å². The summed E-state index contributed by atoms with van der Waals surface area (Å²) in [5.41, 5.74) is 1.20. The Kier molecular flexibility index (Phi) is 7.71. The molecule has 0 aliphatic carbocycles. The Morgan fingerprint density at radius 2 is 2.06 bits per heavy atom. The fourth-order valence-corrected chi connectivity index (χ4v) is 4.59. The van der Waals surface area contributed by atoms with Crippen LogP contribution in [0.2, 0.25) is 0 Å². The van der Waals surface area contributed by atoms with E-state index in [-0.39, 0.29) is 23.7 Å². The highest BCUT2D eigenvalue weighted by Crippen LogP contribution is 2.27. The third-order valence-corrected chi connectivity index (χ3v) is 6.62. The van der Waals surface area contributed by atoms with Gasteiger partial charge in [-0.2, -0.15) is 0 Å². The highest BCUT2D eigenvalue weighted by Gasteiger charge is 2.37. The number of methoxy groups -OCH3 is 2. The molecule has 1 aromatic carbocycles. The monoisotopic (exact) mass is 481 g/mol. The van der Waals surface area contributed by atoms with Gasteiger partial charge >= 0.3 is 5.97 Å². The maximum absolute atomic E-state index is 13.1. The van der Waals surface area contributed by atoms with Gasteiger partial charge in [0.1, 0.15) is 5.75 Å². The van der Waals surface area contributed by atoms with Crippen molar-refractivity contribution in [2.24, 2.45) is 0 Å². The van der Waals surface area contributed by atoms with Gasteiger partial charge in [-0.25, -0.2) is 9.48 Å². The lowest BCUT2D eigenvalue weighted by Gasteiger charge is -2.21. The summed E-state index contributed by atoms with van der Waals surface area (Å²) in [4.78, 5) is 28.1. The molecule has 0 unspecified atom stereocenters. The van der Waals surface area contributed by atoms with Gasteiger partial charge in [0.2, 0.25) is 5.91 Å². The van der Waals surface area contributed by atoms with Crippen molar-refractivity contribution in [1.29, 1.82) is 0 Å². The smallest absolute Gasteiger partial charge is 0.360 e. The van der Waals surface area contributed by atoms with Crippen LogP contribution in [0.4, 0.5) is 0 Å². The van der Waals surface area contributed by atoms with Crippen molar-refractivity contribution in [2.45, 2.75) is 25.0 Å². The van der Waals surface area contributed by atoms with Gasteiger partial charge in [-0.15, -0.1) is 16.4 Å². The Hall–Kier alpha value is -3.50. The molecule has 0 radical (unpaired) electrons. The molecule has 0 bridgehead atoms. The number of nitrogens with one attached hydrogen (secondary N) is 1. The van der Waals surface area contributed by atoms with E-state index in [1.54, 1.807) is 29.3 Å². The summed E-state index contributed by atoms with van der Waals surface area (Å²) in [7, 11) is 2.95. The highest BCUT2D eigenvalue weighted by atomic mass is 32.1. The van der Waals surface area contributed by atoms with Crippen LogP contribution in [0.3, 0.4) is 0 Å². The molecule has 1 aliphatic heterocycles. The third-order valence-electron chi connectivity index (χ3n) is 5.75. The van der Waals surface area contributed by atoms with E-state index in [9.17, 15) is 9.59 Å². The van der Waals surface area contributed by atoms with Crippen LogP contribution in [0.5, 0.6) is 5.75 Å². The molecule has 0 saturated carbocycles. The second-order valence-electron chi connectivity index (χ2n) is 7.91. The van der Waals surface area contributed by atoms with Crippen LogP contribution in [-0.2, 0) is 16.1 Å². The molecule has 10 heteroatoms. The average molecular weight is 482 g/mol. The molecule has 1 N–H and O–H groups in total. The van der Waals surface area contributed by atoms with E-state index in [2.05, 4.69) is 20.5 Å². The first-order valence-electron chi connectivity index (χ1n) is 10.9. The number of hydrogen-bond acceptors (Lipinski definition) is 8. The van der Waals surface area contributed by atoms with Crippen LogP contribution < -0.4 is 10.1 Å². The van der Waals surface area contributed by atoms with Crippen LogP contribution in [0.15, 0.2) is 54.1 Å². The van der Waals surface area contributed by atoms with Crippen molar-refractivity contribution in [2.75, 3.05) is 27.3 Å². The van der Waals surface area contributed by atoms with Crippen LogP contribution in [0.25, 0.3) is 6.08 Å². The minimum absolute atomic E-state index is 0.0259. The number of ether oxygens (including phenoxy) is 2. The van der Waals surface area contributed by atoms with Crippen molar-refractivity contribution in [3.05, 3.63) is 70.2 Å². The Bertz CT molecular complexity index is 1130. The van der Waals surface area contributed by atoms with E-state index >= 15 is 0 Å². The minimum atomic E-state index is -0.534. The number of nitrogens with zero attached hydrogens (tertiary/aromatic N) is 4. The summed E-state index contributed by atoms with van der Waals surface area (Å²) in [6, 6.07) is 11.4. The standard InChI is InChI=1S/C24H27N5O4S/c1-32-19-9-7-17(8-10-19)5-3-11-28-15-18(29-16-21(26-27-29)24(31)33-2)13-22(28)23(30)25-14-20-6-4-12-34-20/h3-10,12,16,18,22H,11,13-15H2,1-2H3,(H,25,30)/t18-,22+/m1/s1. The van der Waals surface area contributed by atoms with Crippen molar-refractivity contribution in [1.82, 2.24) is 25.2 Å². The van der Waals surface area contributed by atoms with E-state index < -0.39 is 5.97 Å². The molecule has 34 heavy (non-hydrogen) atoms. The lowest BCUT2D eigenvalue weighted by molar-refractivity contribution is -0.125. The Balaban J connectivity index is 1.45. The maximum Gasteiger partial charge on any atom is 0.360 e. The van der Waals surface area contributed by atoms with Gasteiger partial charge in [0, 0.05) is 18.0 Å². The predicted molar refractivity (Wildman–Crippen MR) is 129 cm³/mol. The van der Waals surface area contributed by atoms with E-state index in [1.807, 2.05) is 53.9 Å². The summed E-state index contributed by atoms with van der Waals surface area (Å²) in [5.74, 6) is 0.247. The normalized spacial score (nSPS) is 18.3. The van der Waals surface area contributed by atoms with Crippen LogP contribution >= 0.6 is 11.3 Å². The lowest BCUT2D eigenvalue weighted by Crippen LogP contribution is -2.42. The number of carbonyl (C=O) groups excluding carboxylic acids is 2. The molecule has 3 aromatic rings. The minimum Gasteiger partial charge on any atom is -0.497 e. The van der Waals surface area contributed by atoms with Crippen molar-refractivity contribution >= 4 is 29.3 Å². The highest BCUT2D eigenvalue weighted by molar-refractivity contribution is 7.09. The number of hydrogen-bond donors (Lipinski definition) is 1. The fourth-order valence-electron chi connectivity index (χ4n) is 3.94. The zero-order valence-corrected chi connectivity index (χ0v) is 19.9. The molecule has 9 nitrogen and oxygen atoms in total. The Labute approximate surface area is 202 Å². The molecule has 1 fully saturated rings. The molecule has 2 atom stereocenters. The number of likely N-dealkylation sites (tertiary alicyclic amines) is 1. The topological polar surface area (TPSA) is 98.6 Å². The maximum atomic E-state index is 13.1. The molecule has 0 spiro atoms. The van der Waals surface area contributed by atoms with Gasteiger partial charge in [-0.1, -0.05) is 35.6 Å². The first-order chi connectivity index (χ1) is 16.6. The second kappa shape index (κ2) is 11.1. The van der Waals surface area contributed by atoms with Crippen molar-refractivity contribution in [3.8, 4) is 5.75 Å². The average Bonchev–Trinajstić information content (AvgIpc) is 3.63. The molecule has 2 aromatic heterocycles. The lowest BCUT2D eigenvalue weighted by atomic mass is 10.1. The molecule has 178 valence electrons. The molecular weight excluding hydrogens is 454 g/mol. The summed E-state index contributed by atoms with van der Waals surface area (Å²) in [6.45, 7) is 1.70. The number of esters is 1. The predicted octanol–water partition coefficient (Wildman–Crippen LogP) is 2.78. The van der Waals surface area contributed by atoms with E-state index in [0.29, 0.717) is 26.1 Å².